The number of carbonyl (C=O) groups excluding carboxylic acids is 3. The number of nitrogens with zero attached hydrogens (tertiary/aromatic N) is 1. The van der Waals surface area contributed by atoms with Crippen molar-refractivity contribution in [1.29, 1.82) is 0 Å². The third-order valence-electron chi connectivity index (χ3n) is 5.37. The monoisotopic (exact) mass is 467 g/mol. The first kappa shape index (κ1) is 26.9. The molecule has 1 atom stereocenters. The van der Waals surface area contributed by atoms with Crippen molar-refractivity contribution >= 4 is 17.7 Å². The maximum absolute atomic E-state index is 13.0. The number of primary amides is 1. The molecule has 7 heteroatoms. The smallest absolute Gasteiger partial charge is 0.242 e. The molecule has 3 N–H and O–H groups in total. The standard InChI is InChI=1S/C27H37N3O4/c1-4-5-14-30(26(32)18-29-27(33)22(15-20(2)3)17-25(28)31)19-21-10-9-13-24(16-21)34-23-11-7-6-8-12-23/h6-13,16,20,22H,4-5,14-15,17-19H2,1-3H3,(H2,28,31)(H,29,33). The highest BCUT2D eigenvalue weighted by atomic mass is 16.5. The molecule has 7 nitrogen and oxygen atoms in total. The van der Waals surface area contributed by atoms with Gasteiger partial charge in [0.1, 0.15) is 11.5 Å². The third kappa shape index (κ3) is 9.65. The van der Waals surface area contributed by atoms with Crippen molar-refractivity contribution in [2.24, 2.45) is 17.6 Å². The summed E-state index contributed by atoms with van der Waals surface area (Å²) in [6, 6.07) is 17.2. The number of nitrogens with two attached hydrogens (primary N) is 1. The Morgan fingerprint density at radius 3 is 2.38 bits per heavy atom. The van der Waals surface area contributed by atoms with Gasteiger partial charge in [0.25, 0.3) is 0 Å². The van der Waals surface area contributed by atoms with Crippen LogP contribution < -0.4 is 15.8 Å². The lowest BCUT2D eigenvalue weighted by molar-refractivity contribution is -0.135. The van der Waals surface area contributed by atoms with Gasteiger partial charge in [-0.1, -0.05) is 57.5 Å². The molecule has 0 heterocycles. The Labute approximate surface area is 202 Å². The van der Waals surface area contributed by atoms with Gasteiger partial charge in [-0.15, -0.1) is 0 Å². The summed E-state index contributed by atoms with van der Waals surface area (Å²) in [7, 11) is 0. The number of hydrogen-bond donors (Lipinski definition) is 2. The van der Waals surface area contributed by atoms with Crippen molar-refractivity contribution in [3.8, 4) is 11.5 Å². The molecule has 0 aromatic heterocycles. The minimum absolute atomic E-state index is 0.0219. The molecule has 0 spiro atoms. The molecule has 0 bridgehead atoms. The largest absolute Gasteiger partial charge is 0.457 e. The number of amides is 3. The van der Waals surface area contributed by atoms with E-state index in [9.17, 15) is 14.4 Å². The van der Waals surface area contributed by atoms with Gasteiger partial charge in [-0.05, 0) is 48.6 Å². The number of rotatable bonds is 14. The summed E-state index contributed by atoms with van der Waals surface area (Å²) in [4.78, 5) is 38.7. The van der Waals surface area contributed by atoms with E-state index in [0.717, 1.165) is 24.2 Å². The van der Waals surface area contributed by atoms with Gasteiger partial charge in [0, 0.05) is 25.4 Å². The van der Waals surface area contributed by atoms with Crippen LogP contribution in [0.1, 0.15) is 52.0 Å². The molecule has 2 rings (SSSR count). The first-order valence-electron chi connectivity index (χ1n) is 11.9. The molecule has 0 aliphatic rings. The number of nitrogens with one attached hydrogen (secondary N) is 1. The maximum atomic E-state index is 13.0. The SMILES string of the molecule is CCCCN(Cc1cccc(Oc2ccccc2)c1)C(=O)CNC(=O)C(CC(N)=O)CC(C)C. The first-order chi connectivity index (χ1) is 16.3. The average Bonchev–Trinajstić information content (AvgIpc) is 2.80. The Hall–Kier alpha value is -3.35. The van der Waals surface area contributed by atoms with Crippen molar-refractivity contribution in [3.05, 3.63) is 60.2 Å². The molecule has 0 saturated heterocycles. The fourth-order valence-electron chi connectivity index (χ4n) is 3.71. The van der Waals surface area contributed by atoms with Crippen molar-refractivity contribution in [1.82, 2.24) is 10.2 Å². The summed E-state index contributed by atoms with van der Waals surface area (Å²) >= 11 is 0. The number of unbranched alkanes of at least 4 members (excludes halogenated alkanes) is 1. The Kier molecular flexibility index (Phi) is 11.1. The molecule has 0 radical (unpaired) electrons. The van der Waals surface area contributed by atoms with E-state index in [2.05, 4.69) is 12.2 Å². The Morgan fingerprint density at radius 2 is 1.74 bits per heavy atom. The van der Waals surface area contributed by atoms with Gasteiger partial charge in [-0.25, -0.2) is 0 Å². The summed E-state index contributed by atoms with van der Waals surface area (Å²) in [6.45, 7) is 6.92. The fourth-order valence-corrected chi connectivity index (χ4v) is 3.71. The van der Waals surface area contributed by atoms with E-state index in [4.69, 9.17) is 10.5 Å². The minimum atomic E-state index is -0.527. The van der Waals surface area contributed by atoms with Crippen LogP contribution in [-0.2, 0) is 20.9 Å². The van der Waals surface area contributed by atoms with Crippen molar-refractivity contribution in [3.63, 3.8) is 0 Å². The summed E-state index contributed by atoms with van der Waals surface area (Å²) in [5, 5.41) is 2.72. The maximum Gasteiger partial charge on any atom is 0.242 e. The molecule has 34 heavy (non-hydrogen) atoms. The van der Waals surface area contributed by atoms with Gasteiger partial charge in [-0.3, -0.25) is 14.4 Å². The summed E-state index contributed by atoms with van der Waals surface area (Å²) < 4.78 is 5.91. The predicted octanol–water partition coefficient (Wildman–Crippen LogP) is 4.26. The second-order valence-corrected chi connectivity index (χ2v) is 8.95. The molecular weight excluding hydrogens is 430 g/mol. The van der Waals surface area contributed by atoms with Gasteiger partial charge >= 0.3 is 0 Å². The lowest BCUT2D eigenvalue weighted by Crippen LogP contribution is -2.43. The van der Waals surface area contributed by atoms with Gasteiger partial charge in [0.2, 0.25) is 17.7 Å². The molecule has 3 amide bonds. The van der Waals surface area contributed by atoms with Crippen LogP contribution >= 0.6 is 0 Å². The molecule has 0 saturated carbocycles. The number of benzene rings is 2. The van der Waals surface area contributed by atoms with Crippen LogP contribution in [0, 0.1) is 11.8 Å². The van der Waals surface area contributed by atoms with Crippen LogP contribution in [0.3, 0.4) is 0 Å². The molecule has 0 aliphatic carbocycles. The topological polar surface area (TPSA) is 102 Å². The van der Waals surface area contributed by atoms with E-state index in [0.29, 0.717) is 25.3 Å². The normalized spacial score (nSPS) is 11.6. The quantitative estimate of drug-likeness (QED) is 0.433. The predicted molar refractivity (Wildman–Crippen MR) is 133 cm³/mol. The van der Waals surface area contributed by atoms with Crippen molar-refractivity contribution in [2.45, 2.75) is 53.0 Å². The summed E-state index contributed by atoms with van der Waals surface area (Å²) in [5.41, 5.74) is 6.25. The Bertz CT molecular complexity index is 930. The summed E-state index contributed by atoms with van der Waals surface area (Å²) in [5.74, 6) is 0.150. The Morgan fingerprint density at radius 1 is 1.03 bits per heavy atom. The van der Waals surface area contributed by atoms with E-state index in [1.54, 1.807) is 4.90 Å². The lowest BCUT2D eigenvalue weighted by Gasteiger charge is -2.24. The molecule has 2 aromatic carbocycles. The third-order valence-corrected chi connectivity index (χ3v) is 5.37. The van der Waals surface area contributed by atoms with Crippen LogP contribution in [0.2, 0.25) is 0 Å². The molecule has 1 unspecified atom stereocenters. The highest BCUT2D eigenvalue weighted by Gasteiger charge is 2.23. The molecule has 184 valence electrons. The van der Waals surface area contributed by atoms with E-state index in [1.165, 1.54) is 0 Å². The van der Waals surface area contributed by atoms with Gasteiger partial charge in [0.05, 0.1) is 6.54 Å². The zero-order valence-corrected chi connectivity index (χ0v) is 20.5. The Balaban J connectivity index is 2.02. The molecule has 0 fully saturated rings. The van der Waals surface area contributed by atoms with Gasteiger partial charge in [0.15, 0.2) is 0 Å². The molecule has 2 aromatic rings. The van der Waals surface area contributed by atoms with Crippen LogP contribution in [-0.4, -0.2) is 35.7 Å². The van der Waals surface area contributed by atoms with Gasteiger partial charge < -0.3 is 20.7 Å². The second kappa shape index (κ2) is 14.0. The number of ether oxygens (including phenoxy) is 1. The average molecular weight is 468 g/mol. The van der Waals surface area contributed by atoms with Crippen LogP contribution in [0.25, 0.3) is 0 Å². The lowest BCUT2D eigenvalue weighted by atomic mass is 9.93. The van der Waals surface area contributed by atoms with E-state index < -0.39 is 11.8 Å². The van der Waals surface area contributed by atoms with Crippen molar-refractivity contribution in [2.75, 3.05) is 13.1 Å². The zero-order valence-electron chi connectivity index (χ0n) is 20.5. The van der Waals surface area contributed by atoms with E-state index in [-0.39, 0.29) is 30.7 Å². The van der Waals surface area contributed by atoms with Crippen LogP contribution in [0.15, 0.2) is 54.6 Å². The second-order valence-electron chi connectivity index (χ2n) is 8.95. The van der Waals surface area contributed by atoms with Crippen LogP contribution in [0.5, 0.6) is 11.5 Å². The van der Waals surface area contributed by atoms with E-state index in [1.807, 2.05) is 68.4 Å². The number of para-hydroxylation sites is 1. The summed E-state index contributed by atoms with van der Waals surface area (Å²) in [6.07, 6.45) is 2.32. The van der Waals surface area contributed by atoms with E-state index >= 15 is 0 Å². The highest BCUT2D eigenvalue weighted by molar-refractivity contribution is 5.88. The number of carbonyl (C=O) groups is 3. The number of hydrogen-bond acceptors (Lipinski definition) is 4. The fraction of sp³-hybridized carbons (Fsp3) is 0.444. The molecular formula is C27H37N3O4. The minimum Gasteiger partial charge on any atom is -0.457 e. The van der Waals surface area contributed by atoms with Gasteiger partial charge in [-0.2, -0.15) is 0 Å². The highest BCUT2D eigenvalue weighted by Crippen LogP contribution is 2.22. The molecule has 0 aliphatic heterocycles. The van der Waals surface area contributed by atoms with Crippen molar-refractivity contribution < 1.29 is 19.1 Å². The zero-order chi connectivity index (χ0) is 24.9. The van der Waals surface area contributed by atoms with Crippen LogP contribution in [0.4, 0.5) is 0 Å². The first-order valence-corrected chi connectivity index (χ1v) is 11.9.